The molecule has 0 aliphatic heterocycles. The largest absolute Gasteiger partial charge is 0.494 e. The molecule has 0 spiro atoms. The van der Waals surface area contributed by atoms with Crippen molar-refractivity contribution in [1.29, 1.82) is 5.26 Å². The predicted molar refractivity (Wildman–Crippen MR) is 134 cm³/mol. The maximum Gasteiger partial charge on any atom is 0.336 e. The van der Waals surface area contributed by atoms with Crippen LogP contribution in [0.2, 0.25) is 5.02 Å². The van der Waals surface area contributed by atoms with Crippen molar-refractivity contribution in [3.05, 3.63) is 86.5 Å². The molecule has 0 N–H and O–H groups in total. The van der Waals surface area contributed by atoms with Gasteiger partial charge in [-0.25, -0.2) is 13.8 Å². The van der Waals surface area contributed by atoms with Crippen molar-refractivity contribution in [3.63, 3.8) is 0 Å². The average Bonchev–Trinajstić information content (AvgIpc) is 3.29. The van der Waals surface area contributed by atoms with Gasteiger partial charge in [0, 0.05) is 34.0 Å². The number of nitrogens with zero attached hydrogens (tertiary/aromatic N) is 4. The lowest BCUT2D eigenvalue weighted by Gasteiger charge is -2.12. The first-order valence-electron chi connectivity index (χ1n) is 10.5. The molecule has 35 heavy (non-hydrogen) atoms. The van der Waals surface area contributed by atoms with E-state index in [1.165, 1.54) is 23.9 Å². The Labute approximate surface area is 206 Å². The monoisotopic (exact) mass is 506 g/mol. The number of hydrogen-bond acceptors (Lipinski definition) is 6. The van der Waals surface area contributed by atoms with E-state index in [1.807, 2.05) is 30.3 Å². The van der Waals surface area contributed by atoms with Crippen LogP contribution in [0.3, 0.4) is 0 Å². The van der Waals surface area contributed by atoms with Crippen LogP contribution in [-0.4, -0.2) is 21.2 Å². The quantitative estimate of drug-likeness (QED) is 0.329. The summed E-state index contributed by atoms with van der Waals surface area (Å²) in [6.45, 7) is 0.0880. The number of thiophene rings is 1. The normalized spacial score (nSPS) is 11.1. The number of halogens is 2. The van der Waals surface area contributed by atoms with Crippen LogP contribution in [0.25, 0.3) is 37.1 Å². The Morgan fingerprint density at radius 3 is 2.74 bits per heavy atom. The number of aryl methyl sites for hydroxylation is 1. The lowest BCUT2D eigenvalue weighted by atomic mass is 10.1. The van der Waals surface area contributed by atoms with Crippen LogP contribution < -0.4 is 16.0 Å². The highest BCUT2D eigenvalue weighted by atomic mass is 35.5. The molecule has 174 valence electrons. The molecular weight excluding hydrogens is 491 g/mol. The summed E-state index contributed by atoms with van der Waals surface area (Å²) < 4.78 is 21.7. The van der Waals surface area contributed by atoms with Gasteiger partial charge in [-0.2, -0.15) is 5.26 Å². The molecule has 0 atom stereocenters. The number of nitriles is 1. The van der Waals surface area contributed by atoms with Crippen molar-refractivity contribution in [2.24, 2.45) is 0 Å². The lowest BCUT2D eigenvalue weighted by molar-refractivity contribution is 0.387. The Hall–Kier alpha value is -4.00. The number of benzene rings is 2. The predicted octanol–water partition coefficient (Wildman–Crippen LogP) is 5.14. The molecule has 0 aliphatic carbocycles. The van der Waals surface area contributed by atoms with Crippen LogP contribution in [0.1, 0.15) is 6.42 Å². The Bertz CT molecular complexity index is 1780. The van der Waals surface area contributed by atoms with E-state index < -0.39 is 17.1 Å². The number of methoxy groups -OCH3 is 1. The van der Waals surface area contributed by atoms with Crippen molar-refractivity contribution in [2.75, 3.05) is 7.11 Å². The van der Waals surface area contributed by atoms with Gasteiger partial charge in [0.1, 0.15) is 4.83 Å². The van der Waals surface area contributed by atoms with Gasteiger partial charge in [0.25, 0.3) is 5.56 Å². The molecule has 5 rings (SSSR count). The number of hydrogen-bond donors (Lipinski definition) is 0. The third-order valence-electron chi connectivity index (χ3n) is 5.66. The lowest BCUT2D eigenvalue weighted by Crippen LogP contribution is -2.38. The first-order valence-corrected chi connectivity index (χ1v) is 11.7. The fourth-order valence-corrected chi connectivity index (χ4v) is 5.52. The van der Waals surface area contributed by atoms with E-state index in [2.05, 4.69) is 4.98 Å². The van der Waals surface area contributed by atoms with Crippen LogP contribution >= 0.6 is 22.9 Å². The van der Waals surface area contributed by atoms with Crippen molar-refractivity contribution in [3.8, 4) is 27.9 Å². The standard InChI is InChI=1S/C25H16ClFN4O3S/c1-34-21-9-16(18(26)11-19(21)27)22-10-17-23(32)31(25(33)30(8-4-7-28)24(17)35-22)20-13-29-12-14-5-2-3-6-15(14)20/h2-3,5-6,9-13H,4,8H2,1H3. The summed E-state index contributed by atoms with van der Waals surface area (Å²) >= 11 is 7.48. The topological polar surface area (TPSA) is 89.9 Å². The van der Waals surface area contributed by atoms with Gasteiger partial charge in [0.15, 0.2) is 11.6 Å². The highest BCUT2D eigenvalue weighted by molar-refractivity contribution is 7.22. The Morgan fingerprint density at radius 1 is 1.17 bits per heavy atom. The minimum atomic E-state index is -0.612. The highest BCUT2D eigenvalue weighted by Gasteiger charge is 2.21. The zero-order valence-electron chi connectivity index (χ0n) is 18.3. The molecule has 2 aromatic carbocycles. The summed E-state index contributed by atoms with van der Waals surface area (Å²) in [6.07, 6.45) is 3.20. The van der Waals surface area contributed by atoms with E-state index in [0.717, 1.165) is 27.4 Å². The van der Waals surface area contributed by atoms with Crippen molar-refractivity contribution in [2.45, 2.75) is 13.0 Å². The zero-order valence-corrected chi connectivity index (χ0v) is 19.9. The second-order valence-corrected chi connectivity index (χ2v) is 9.10. The van der Waals surface area contributed by atoms with Crippen LogP contribution in [0.4, 0.5) is 4.39 Å². The van der Waals surface area contributed by atoms with Gasteiger partial charge in [-0.3, -0.25) is 14.3 Å². The van der Waals surface area contributed by atoms with Crippen LogP contribution in [0.5, 0.6) is 5.75 Å². The van der Waals surface area contributed by atoms with Gasteiger partial charge < -0.3 is 4.74 Å². The average molecular weight is 507 g/mol. The molecule has 0 fully saturated rings. The molecule has 0 unspecified atom stereocenters. The Morgan fingerprint density at radius 2 is 1.97 bits per heavy atom. The molecule has 0 saturated carbocycles. The Balaban J connectivity index is 1.85. The van der Waals surface area contributed by atoms with E-state index >= 15 is 0 Å². The molecule has 3 heterocycles. The highest BCUT2D eigenvalue weighted by Crippen LogP contribution is 2.39. The molecular formula is C25H16ClFN4O3S. The first kappa shape index (κ1) is 22.8. The van der Waals surface area contributed by atoms with E-state index in [4.69, 9.17) is 21.6 Å². The molecule has 0 aliphatic rings. The third-order valence-corrected chi connectivity index (χ3v) is 7.16. The number of fused-ring (bicyclic) bond motifs is 2. The molecule has 0 amide bonds. The summed E-state index contributed by atoms with van der Waals surface area (Å²) in [5, 5.41) is 11.0. The van der Waals surface area contributed by atoms with E-state index in [9.17, 15) is 14.0 Å². The van der Waals surface area contributed by atoms with Gasteiger partial charge in [-0.1, -0.05) is 35.9 Å². The second kappa shape index (κ2) is 8.98. The van der Waals surface area contributed by atoms with Gasteiger partial charge in [-0.05, 0) is 18.2 Å². The minimum absolute atomic E-state index is 0.00275. The summed E-state index contributed by atoms with van der Waals surface area (Å²) in [6, 6.07) is 13.6. The number of pyridine rings is 1. The van der Waals surface area contributed by atoms with E-state index in [0.29, 0.717) is 26.3 Å². The zero-order chi connectivity index (χ0) is 24.7. The molecule has 0 bridgehead atoms. The van der Waals surface area contributed by atoms with Crippen molar-refractivity contribution >= 4 is 43.9 Å². The maximum absolute atomic E-state index is 14.1. The fourth-order valence-electron chi connectivity index (χ4n) is 4.01. The maximum atomic E-state index is 14.1. The number of aromatic nitrogens is 3. The molecule has 5 aromatic rings. The van der Waals surface area contributed by atoms with Crippen LogP contribution in [0.15, 0.2) is 64.4 Å². The van der Waals surface area contributed by atoms with E-state index in [-0.39, 0.29) is 29.1 Å². The minimum Gasteiger partial charge on any atom is -0.494 e. The van der Waals surface area contributed by atoms with Crippen LogP contribution in [-0.2, 0) is 6.54 Å². The molecule has 0 saturated heterocycles. The third kappa shape index (κ3) is 3.77. The summed E-state index contributed by atoms with van der Waals surface area (Å²) in [5.41, 5.74) is -0.292. The molecule has 3 aromatic heterocycles. The Kier molecular flexibility index (Phi) is 5.84. The van der Waals surface area contributed by atoms with E-state index in [1.54, 1.807) is 12.3 Å². The second-order valence-electron chi connectivity index (χ2n) is 7.66. The van der Waals surface area contributed by atoms with Crippen molar-refractivity contribution in [1.82, 2.24) is 14.1 Å². The fraction of sp³-hybridized carbons (Fsp3) is 0.120. The van der Waals surface area contributed by atoms with Gasteiger partial charge in [0.05, 0.1) is 41.9 Å². The van der Waals surface area contributed by atoms with Gasteiger partial charge >= 0.3 is 5.69 Å². The molecule has 0 radical (unpaired) electrons. The first-order chi connectivity index (χ1) is 16.9. The van der Waals surface area contributed by atoms with Crippen molar-refractivity contribution < 1.29 is 9.13 Å². The summed E-state index contributed by atoms with van der Waals surface area (Å²) in [5.74, 6) is -0.609. The summed E-state index contributed by atoms with van der Waals surface area (Å²) in [7, 11) is 1.34. The molecule has 10 heteroatoms. The number of ether oxygens (including phenoxy) is 1. The van der Waals surface area contributed by atoms with Gasteiger partial charge in [0.2, 0.25) is 0 Å². The van der Waals surface area contributed by atoms with Gasteiger partial charge in [-0.15, -0.1) is 11.3 Å². The summed E-state index contributed by atoms with van der Waals surface area (Å²) in [4.78, 5) is 32.4. The SMILES string of the molecule is COc1cc(-c2cc3c(=O)n(-c4cncc5ccccc45)c(=O)n(CCC#N)c3s2)c(Cl)cc1F. The number of rotatable bonds is 5. The molecule has 7 nitrogen and oxygen atoms in total. The van der Waals surface area contributed by atoms with Crippen LogP contribution in [0, 0.1) is 17.1 Å². The smallest absolute Gasteiger partial charge is 0.336 e.